The molecule has 2 saturated heterocycles. The van der Waals surface area contributed by atoms with Gasteiger partial charge in [-0.1, -0.05) is 0 Å². The SMILES string of the molecule is CC(=O)N1CC[C@H]2CN(C(=O)c3ccco3)CCO[C@H]2C1. The van der Waals surface area contributed by atoms with Gasteiger partial charge in [-0.2, -0.15) is 0 Å². The number of carbonyl (C=O) groups excluding carboxylic acids is 2. The average Bonchev–Trinajstić information content (AvgIpc) is 2.92. The third kappa shape index (κ3) is 2.95. The standard InChI is InChI=1S/C15H20N2O4/c1-11(18)16-5-4-12-9-17(6-8-21-14(12)10-16)15(19)13-3-2-7-20-13/h2-3,7,12,14H,4-6,8-10H2,1H3/t12-,14-/m0/s1. The van der Waals surface area contributed by atoms with Gasteiger partial charge in [0.05, 0.1) is 19.0 Å². The van der Waals surface area contributed by atoms with Crippen molar-refractivity contribution >= 4 is 11.8 Å². The zero-order valence-electron chi connectivity index (χ0n) is 12.2. The van der Waals surface area contributed by atoms with Gasteiger partial charge in [-0.15, -0.1) is 0 Å². The lowest BCUT2D eigenvalue weighted by molar-refractivity contribution is -0.134. The van der Waals surface area contributed by atoms with Crippen LogP contribution in [0.3, 0.4) is 0 Å². The Balaban J connectivity index is 1.67. The van der Waals surface area contributed by atoms with E-state index < -0.39 is 0 Å². The van der Waals surface area contributed by atoms with E-state index in [1.807, 2.05) is 4.90 Å². The molecule has 2 aliphatic rings. The van der Waals surface area contributed by atoms with Gasteiger partial charge in [0.15, 0.2) is 5.76 Å². The number of fused-ring (bicyclic) bond motifs is 1. The van der Waals surface area contributed by atoms with Gasteiger partial charge in [0, 0.05) is 39.0 Å². The number of amides is 2. The van der Waals surface area contributed by atoms with Gasteiger partial charge in [-0.05, 0) is 18.6 Å². The summed E-state index contributed by atoms with van der Waals surface area (Å²) >= 11 is 0. The summed E-state index contributed by atoms with van der Waals surface area (Å²) in [5.74, 6) is 0.652. The number of furan rings is 1. The molecular weight excluding hydrogens is 272 g/mol. The van der Waals surface area contributed by atoms with Crippen LogP contribution in [0, 0.1) is 5.92 Å². The number of carbonyl (C=O) groups is 2. The molecule has 6 heteroatoms. The second kappa shape index (κ2) is 5.89. The first-order valence-electron chi connectivity index (χ1n) is 7.35. The van der Waals surface area contributed by atoms with E-state index in [9.17, 15) is 9.59 Å². The van der Waals surface area contributed by atoms with E-state index in [0.717, 1.165) is 13.0 Å². The van der Waals surface area contributed by atoms with Crippen molar-refractivity contribution in [3.05, 3.63) is 24.2 Å². The molecule has 2 amide bonds. The van der Waals surface area contributed by atoms with Gasteiger partial charge < -0.3 is 19.0 Å². The van der Waals surface area contributed by atoms with E-state index in [4.69, 9.17) is 9.15 Å². The van der Waals surface area contributed by atoms with Crippen LogP contribution < -0.4 is 0 Å². The van der Waals surface area contributed by atoms with Gasteiger partial charge in [0.25, 0.3) is 5.91 Å². The summed E-state index contributed by atoms with van der Waals surface area (Å²) in [5.41, 5.74) is 0. The summed E-state index contributed by atoms with van der Waals surface area (Å²) < 4.78 is 11.1. The molecule has 6 nitrogen and oxygen atoms in total. The molecule has 0 unspecified atom stereocenters. The number of rotatable bonds is 1. The first-order valence-corrected chi connectivity index (χ1v) is 7.35. The highest BCUT2D eigenvalue weighted by atomic mass is 16.5. The maximum atomic E-state index is 12.4. The van der Waals surface area contributed by atoms with Crippen LogP contribution in [0.2, 0.25) is 0 Å². The fourth-order valence-corrected chi connectivity index (χ4v) is 3.08. The van der Waals surface area contributed by atoms with Crippen molar-refractivity contribution in [2.24, 2.45) is 5.92 Å². The van der Waals surface area contributed by atoms with Gasteiger partial charge in [0.1, 0.15) is 0 Å². The summed E-state index contributed by atoms with van der Waals surface area (Å²) in [4.78, 5) is 27.5. The third-order valence-electron chi connectivity index (χ3n) is 4.31. The molecule has 2 aliphatic heterocycles. The fourth-order valence-electron chi connectivity index (χ4n) is 3.08. The van der Waals surface area contributed by atoms with E-state index in [-0.39, 0.29) is 23.8 Å². The maximum absolute atomic E-state index is 12.4. The molecule has 21 heavy (non-hydrogen) atoms. The Morgan fingerprint density at radius 2 is 2.10 bits per heavy atom. The van der Waals surface area contributed by atoms with Crippen LogP contribution in [0.25, 0.3) is 0 Å². The molecule has 0 spiro atoms. The lowest BCUT2D eigenvalue weighted by atomic mass is 9.93. The molecular formula is C15H20N2O4. The average molecular weight is 292 g/mol. The maximum Gasteiger partial charge on any atom is 0.289 e. The number of hydrogen-bond donors (Lipinski definition) is 0. The molecule has 0 aromatic carbocycles. The Kier molecular flexibility index (Phi) is 3.96. The lowest BCUT2D eigenvalue weighted by Crippen LogP contribution is -2.48. The summed E-state index contributed by atoms with van der Waals surface area (Å²) in [6.07, 6.45) is 2.40. The van der Waals surface area contributed by atoms with Crippen LogP contribution in [-0.4, -0.2) is 60.5 Å². The minimum absolute atomic E-state index is 0.0250. The first-order chi connectivity index (χ1) is 10.1. The zero-order valence-corrected chi connectivity index (χ0v) is 12.2. The van der Waals surface area contributed by atoms with E-state index in [2.05, 4.69) is 0 Å². The molecule has 3 heterocycles. The van der Waals surface area contributed by atoms with Crippen molar-refractivity contribution in [1.29, 1.82) is 0 Å². The second-order valence-electron chi connectivity index (χ2n) is 5.65. The van der Waals surface area contributed by atoms with Crippen molar-refractivity contribution < 1.29 is 18.7 Å². The second-order valence-corrected chi connectivity index (χ2v) is 5.65. The molecule has 1 aromatic rings. The number of hydrogen-bond acceptors (Lipinski definition) is 4. The number of likely N-dealkylation sites (tertiary alicyclic amines) is 1. The van der Waals surface area contributed by atoms with Crippen LogP contribution in [0.1, 0.15) is 23.9 Å². The van der Waals surface area contributed by atoms with Crippen LogP contribution in [0.5, 0.6) is 0 Å². The van der Waals surface area contributed by atoms with E-state index in [1.54, 1.807) is 24.0 Å². The monoisotopic (exact) mass is 292 g/mol. The smallest absolute Gasteiger partial charge is 0.289 e. The van der Waals surface area contributed by atoms with E-state index in [0.29, 0.717) is 32.0 Å². The molecule has 3 rings (SSSR count). The van der Waals surface area contributed by atoms with Crippen molar-refractivity contribution in [3.8, 4) is 0 Å². The minimum Gasteiger partial charge on any atom is -0.459 e. The van der Waals surface area contributed by atoms with Gasteiger partial charge in [0.2, 0.25) is 5.91 Å². The first kappa shape index (κ1) is 14.1. The summed E-state index contributed by atoms with van der Waals surface area (Å²) in [6.45, 7) is 4.68. The largest absolute Gasteiger partial charge is 0.459 e. The normalized spacial score (nSPS) is 26.1. The summed E-state index contributed by atoms with van der Waals surface area (Å²) in [5, 5.41) is 0. The molecule has 2 fully saturated rings. The van der Waals surface area contributed by atoms with Gasteiger partial charge >= 0.3 is 0 Å². The van der Waals surface area contributed by atoms with Crippen LogP contribution in [0.4, 0.5) is 0 Å². The van der Waals surface area contributed by atoms with Crippen molar-refractivity contribution in [1.82, 2.24) is 9.80 Å². The van der Waals surface area contributed by atoms with Crippen molar-refractivity contribution in [2.75, 3.05) is 32.8 Å². The molecule has 0 saturated carbocycles. The lowest BCUT2D eigenvalue weighted by Gasteiger charge is -2.37. The zero-order chi connectivity index (χ0) is 14.8. The minimum atomic E-state index is -0.0850. The fraction of sp³-hybridized carbons (Fsp3) is 0.600. The molecule has 1 aromatic heterocycles. The number of piperidine rings is 1. The Labute approximate surface area is 123 Å². The predicted octanol–water partition coefficient (Wildman–Crippen LogP) is 0.989. The molecule has 0 bridgehead atoms. The quantitative estimate of drug-likeness (QED) is 0.774. The Morgan fingerprint density at radius 3 is 2.81 bits per heavy atom. The highest BCUT2D eigenvalue weighted by Gasteiger charge is 2.35. The van der Waals surface area contributed by atoms with Crippen LogP contribution in [0.15, 0.2) is 22.8 Å². The molecule has 0 radical (unpaired) electrons. The van der Waals surface area contributed by atoms with E-state index >= 15 is 0 Å². The predicted molar refractivity (Wildman–Crippen MR) is 74.7 cm³/mol. The van der Waals surface area contributed by atoms with Crippen LogP contribution in [-0.2, 0) is 9.53 Å². The van der Waals surface area contributed by atoms with Crippen molar-refractivity contribution in [3.63, 3.8) is 0 Å². The highest BCUT2D eigenvalue weighted by molar-refractivity contribution is 5.91. The molecule has 0 N–H and O–H groups in total. The Bertz CT molecular complexity index is 514. The van der Waals surface area contributed by atoms with E-state index in [1.165, 1.54) is 6.26 Å². The van der Waals surface area contributed by atoms with Crippen molar-refractivity contribution in [2.45, 2.75) is 19.4 Å². The summed E-state index contributed by atoms with van der Waals surface area (Å²) in [7, 11) is 0. The number of nitrogens with zero attached hydrogens (tertiary/aromatic N) is 2. The molecule has 0 aliphatic carbocycles. The Morgan fingerprint density at radius 1 is 1.24 bits per heavy atom. The van der Waals surface area contributed by atoms with Crippen LogP contribution >= 0.6 is 0 Å². The third-order valence-corrected chi connectivity index (χ3v) is 4.31. The Hall–Kier alpha value is -1.82. The number of ether oxygens (including phenoxy) is 1. The van der Waals surface area contributed by atoms with Gasteiger partial charge in [-0.25, -0.2) is 0 Å². The topological polar surface area (TPSA) is 63.0 Å². The van der Waals surface area contributed by atoms with Gasteiger partial charge in [-0.3, -0.25) is 9.59 Å². The molecule has 114 valence electrons. The summed E-state index contributed by atoms with van der Waals surface area (Å²) in [6, 6.07) is 3.40. The highest BCUT2D eigenvalue weighted by Crippen LogP contribution is 2.25. The molecule has 2 atom stereocenters.